The highest BCUT2D eigenvalue weighted by Gasteiger charge is 2.35. The molecule has 0 aliphatic carbocycles. The van der Waals surface area contributed by atoms with Crippen LogP contribution in [-0.4, -0.2) is 31.2 Å². The summed E-state index contributed by atoms with van der Waals surface area (Å²) in [5.74, 6) is 0.289. The Bertz CT molecular complexity index is 547. The zero-order valence-electron chi connectivity index (χ0n) is 9.44. The van der Waals surface area contributed by atoms with Gasteiger partial charge in [-0.25, -0.2) is 8.42 Å². The minimum atomic E-state index is -3.62. The Hall–Kier alpha value is -0.0000000000000000555. The van der Waals surface area contributed by atoms with E-state index in [0.717, 1.165) is 12.8 Å². The van der Waals surface area contributed by atoms with E-state index in [1.807, 2.05) is 0 Å². The number of alkyl halides is 1. The zero-order valence-corrected chi connectivity index (χ0v) is 12.5. The van der Waals surface area contributed by atoms with Gasteiger partial charge in [0.1, 0.15) is 4.90 Å². The number of hydrogen-bond acceptors (Lipinski definition) is 2. The molecule has 18 heavy (non-hydrogen) atoms. The van der Waals surface area contributed by atoms with E-state index in [1.54, 1.807) is 6.07 Å². The summed E-state index contributed by atoms with van der Waals surface area (Å²) in [7, 11) is -3.62. The smallest absolute Gasteiger partial charge is 0.207 e. The van der Waals surface area contributed by atoms with Gasteiger partial charge in [0, 0.05) is 23.5 Å². The third kappa shape index (κ3) is 2.63. The van der Waals surface area contributed by atoms with Gasteiger partial charge in [-0.05, 0) is 31.0 Å². The van der Waals surface area contributed by atoms with Gasteiger partial charge >= 0.3 is 0 Å². The molecule has 1 aliphatic rings. The molecule has 1 saturated heterocycles. The quantitative estimate of drug-likeness (QED) is 0.798. The lowest BCUT2D eigenvalue weighted by Gasteiger charge is -2.22. The lowest BCUT2D eigenvalue weighted by atomic mass is 10.3. The molecule has 0 aromatic heterocycles. The van der Waals surface area contributed by atoms with E-state index in [0.29, 0.717) is 11.6 Å². The van der Waals surface area contributed by atoms with Crippen LogP contribution < -0.4 is 0 Å². The molecule has 1 aliphatic heterocycles. The number of benzene rings is 1. The van der Waals surface area contributed by atoms with E-state index in [2.05, 4.69) is 0 Å². The van der Waals surface area contributed by atoms with Gasteiger partial charge in [-0.1, -0.05) is 23.2 Å². The molecule has 0 saturated carbocycles. The summed E-state index contributed by atoms with van der Waals surface area (Å²) in [5.41, 5.74) is 0. The first-order chi connectivity index (χ1) is 8.46. The molecule has 0 N–H and O–H groups in total. The van der Waals surface area contributed by atoms with E-state index in [1.165, 1.54) is 16.4 Å². The normalized spacial score (nSPS) is 21.4. The Morgan fingerprint density at radius 1 is 1.33 bits per heavy atom. The zero-order chi connectivity index (χ0) is 13.3. The van der Waals surface area contributed by atoms with Crippen LogP contribution in [0.5, 0.6) is 0 Å². The first-order valence-corrected chi connectivity index (χ1v) is 8.22. The lowest BCUT2D eigenvalue weighted by molar-refractivity contribution is 0.411. The molecule has 1 unspecified atom stereocenters. The van der Waals surface area contributed by atoms with Crippen molar-refractivity contribution in [3.63, 3.8) is 0 Å². The summed E-state index contributed by atoms with van der Waals surface area (Å²) in [6, 6.07) is 4.27. The van der Waals surface area contributed by atoms with Gasteiger partial charge in [0.05, 0.1) is 5.02 Å². The fourth-order valence-electron chi connectivity index (χ4n) is 2.08. The maximum Gasteiger partial charge on any atom is 0.244 e. The monoisotopic (exact) mass is 327 g/mol. The predicted octanol–water partition coefficient (Wildman–Crippen LogP) is 3.39. The Morgan fingerprint density at radius 3 is 2.72 bits per heavy atom. The molecule has 0 radical (unpaired) electrons. The second kappa shape index (κ2) is 5.55. The molecule has 0 spiro atoms. The van der Waals surface area contributed by atoms with Crippen LogP contribution in [0.2, 0.25) is 10.0 Å². The van der Waals surface area contributed by atoms with Gasteiger partial charge < -0.3 is 0 Å². The molecule has 0 bridgehead atoms. The van der Waals surface area contributed by atoms with Crippen LogP contribution >= 0.6 is 34.8 Å². The molecule has 100 valence electrons. The maximum absolute atomic E-state index is 12.5. The van der Waals surface area contributed by atoms with Crippen molar-refractivity contribution >= 4 is 44.8 Å². The summed E-state index contributed by atoms with van der Waals surface area (Å²) in [6.07, 6.45) is 1.59. The second-order valence-corrected chi connectivity index (χ2v) is 7.15. The average Bonchev–Trinajstić information content (AvgIpc) is 2.81. The topological polar surface area (TPSA) is 37.4 Å². The van der Waals surface area contributed by atoms with Crippen LogP contribution in [0.1, 0.15) is 12.8 Å². The average molecular weight is 329 g/mol. The summed E-state index contributed by atoms with van der Waals surface area (Å²) in [6.45, 7) is 0.475. The highest BCUT2D eigenvalue weighted by molar-refractivity contribution is 7.89. The first kappa shape index (κ1) is 14.4. The molecular formula is C11H12Cl3NO2S. The second-order valence-electron chi connectivity index (χ2n) is 4.14. The summed E-state index contributed by atoms with van der Waals surface area (Å²) < 4.78 is 26.4. The number of sulfonamides is 1. The number of hydrogen-bond donors (Lipinski definition) is 0. The van der Waals surface area contributed by atoms with E-state index >= 15 is 0 Å². The lowest BCUT2D eigenvalue weighted by Crippen LogP contribution is -2.36. The molecule has 1 heterocycles. The summed E-state index contributed by atoms with van der Waals surface area (Å²) in [4.78, 5) is 0.0497. The van der Waals surface area contributed by atoms with Crippen molar-refractivity contribution in [2.24, 2.45) is 0 Å². The highest BCUT2D eigenvalue weighted by atomic mass is 35.5. The van der Waals surface area contributed by atoms with Gasteiger partial charge in [0.2, 0.25) is 10.0 Å². The van der Waals surface area contributed by atoms with Crippen LogP contribution in [0, 0.1) is 0 Å². The SMILES string of the molecule is O=S(=O)(c1cc(Cl)ccc1Cl)N1CCCC1CCl. The van der Waals surface area contributed by atoms with Crippen molar-refractivity contribution in [1.82, 2.24) is 4.31 Å². The molecule has 1 aromatic carbocycles. The molecule has 7 heteroatoms. The molecule has 2 rings (SSSR count). The van der Waals surface area contributed by atoms with Crippen LogP contribution in [0.25, 0.3) is 0 Å². The van der Waals surface area contributed by atoms with Crippen LogP contribution in [0.15, 0.2) is 23.1 Å². The van der Waals surface area contributed by atoms with Gasteiger partial charge in [0.25, 0.3) is 0 Å². The van der Waals surface area contributed by atoms with Gasteiger partial charge in [0.15, 0.2) is 0 Å². The van der Waals surface area contributed by atoms with E-state index in [9.17, 15) is 8.42 Å². The summed E-state index contributed by atoms with van der Waals surface area (Å²) >= 11 is 17.6. The molecular weight excluding hydrogens is 317 g/mol. The number of nitrogens with zero attached hydrogens (tertiary/aromatic N) is 1. The number of halogens is 3. The molecule has 0 amide bonds. The van der Waals surface area contributed by atoms with Gasteiger partial charge in [-0.3, -0.25) is 0 Å². The van der Waals surface area contributed by atoms with Crippen LogP contribution in [0.3, 0.4) is 0 Å². The largest absolute Gasteiger partial charge is 0.244 e. The Kier molecular flexibility index (Phi) is 4.44. The molecule has 1 aromatic rings. The van der Waals surface area contributed by atoms with E-state index in [-0.39, 0.29) is 21.8 Å². The van der Waals surface area contributed by atoms with Crippen molar-refractivity contribution < 1.29 is 8.42 Å². The third-order valence-corrected chi connectivity index (χ3v) is 6.01. The Morgan fingerprint density at radius 2 is 2.06 bits per heavy atom. The van der Waals surface area contributed by atoms with E-state index < -0.39 is 10.0 Å². The van der Waals surface area contributed by atoms with E-state index in [4.69, 9.17) is 34.8 Å². The third-order valence-electron chi connectivity index (χ3n) is 2.98. The minimum Gasteiger partial charge on any atom is -0.207 e. The van der Waals surface area contributed by atoms with Crippen molar-refractivity contribution in [2.45, 2.75) is 23.8 Å². The van der Waals surface area contributed by atoms with Crippen LogP contribution in [0.4, 0.5) is 0 Å². The first-order valence-electron chi connectivity index (χ1n) is 5.49. The molecule has 1 fully saturated rings. The standard InChI is InChI=1S/C11H12Cl3NO2S/c12-7-9-2-1-5-15(9)18(16,17)11-6-8(13)3-4-10(11)14/h3-4,6,9H,1-2,5,7H2. The van der Waals surface area contributed by atoms with Crippen molar-refractivity contribution in [3.05, 3.63) is 28.2 Å². The van der Waals surface area contributed by atoms with Gasteiger partial charge in [-0.15, -0.1) is 11.6 Å². The van der Waals surface area contributed by atoms with Crippen molar-refractivity contribution in [1.29, 1.82) is 0 Å². The Labute approximate surface area is 122 Å². The predicted molar refractivity (Wildman–Crippen MR) is 74.1 cm³/mol. The maximum atomic E-state index is 12.5. The molecule has 1 atom stereocenters. The number of rotatable bonds is 3. The fraction of sp³-hybridized carbons (Fsp3) is 0.455. The van der Waals surface area contributed by atoms with Crippen LogP contribution in [-0.2, 0) is 10.0 Å². The van der Waals surface area contributed by atoms with Gasteiger partial charge in [-0.2, -0.15) is 4.31 Å². The molecule has 3 nitrogen and oxygen atoms in total. The summed E-state index contributed by atoms with van der Waals surface area (Å²) in [5, 5.41) is 0.527. The fourth-order valence-corrected chi connectivity index (χ4v) is 4.92. The van der Waals surface area contributed by atoms with Crippen molar-refractivity contribution in [3.8, 4) is 0 Å². The Balaban J connectivity index is 2.45. The minimum absolute atomic E-state index is 0.0497. The van der Waals surface area contributed by atoms with Crippen molar-refractivity contribution in [2.75, 3.05) is 12.4 Å². The highest BCUT2D eigenvalue weighted by Crippen LogP contribution is 2.32.